The van der Waals surface area contributed by atoms with E-state index >= 15 is 0 Å². The van der Waals surface area contributed by atoms with Gasteiger partial charge in [0.05, 0.1) is 7.11 Å². The average Bonchev–Trinajstić information content (AvgIpc) is 2.03. The van der Waals surface area contributed by atoms with Crippen LogP contribution in [0.2, 0.25) is 0 Å². The monoisotopic (exact) mass is 189 g/mol. The molecule has 0 spiro atoms. The van der Waals surface area contributed by atoms with E-state index in [1.807, 2.05) is 0 Å². The van der Waals surface area contributed by atoms with Crippen molar-refractivity contribution in [3.8, 4) is 5.75 Å². The van der Waals surface area contributed by atoms with Gasteiger partial charge < -0.3 is 9.29 Å². The van der Waals surface area contributed by atoms with Crippen molar-refractivity contribution >= 4 is 10.3 Å². The van der Waals surface area contributed by atoms with Crippen LogP contribution in [-0.2, 0) is 10.3 Å². The maximum Gasteiger partial charge on any atom is 0.330 e. The Hall–Kier alpha value is -1.14. The van der Waals surface area contributed by atoms with Crippen molar-refractivity contribution in [3.63, 3.8) is 0 Å². The van der Waals surface area contributed by atoms with E-state index in [1.54, 1.807) is 6.07 Å². The van der Waals surface area contributed by atoms with Gasteiger partial charge in [0.15, 0.2) is 11.9 Å². The molecule has 66 valence electrons. The maximum atomic E-state index is 10.5. The molecule has 0 radical (unpaired) electrons. The average molecular weight is 189 g/mol. The topological polar surface area (TPSA) is 70.3 Å². The fraction of sp³-hybridized carbons (Fsp3) is 0.167. The fourth-order valence-electron chi connectivity index (χ4n) is 0.694. The van der Waals surface area contributed by atoms with Gasteiger partial charge in [-0.3, -0.25) is 0 Å². The summed E-state index contributed by atoms with van der Waals surface area (Å²) in [5.41, 5.74) is 0. The highest BCUT2D eigenvalue weighted by Gasteiger charge is 2.08. The number of nitrogens with zero attached hydrogens (tertiary/aromatic N) is 1. The van der Waals surface area contributed by atoms with Crippen molar-refractivity contribution in [1.82, 2.24) is 0 Å². The van der Waals surface area contributed by atoms with Crippen molar-refractivity contribution in [2.45, 2.75) is 0 Å². The van der Waals surface area contributed by atoms with Crippen LogP contribution in [0.1, 0.15) is 0 Å². The number of ether oxygens (including phenoxy) is 1. The molecule has 1 aromatic heterocycles. The van der Waals surface area contributed by atoms with Crippen molar-refractivity contribution in [3.05, 3.63) is 24.5 Å². The van der Waals surface area contributed by atoms with Crippen LogP contribution in [0.5, 0.6) is 5.75 Å². The molecule has 1 heterocycles. The normalized spacial score (nSPS) is 11.2. The summed E-state index contributed by atoms with van der Waals surface area (Å²) in [5, 5.41) is 0. The number of methoxy groups -OCH3 is 1. The third kappa shape index (κ3) is 1.93. The summed E-state index contributed by atoms with van der Waals surface area (Å²) in [6.07, 6.45) is 2.24. The van der Waals surface area contributed by atoms with E-state index < -0.39 is 10.3 Å². The predicted octanol–water partition coefficient (Wildman–Crippen LogP) is -0.709. The summed E-state index contributed by atoms with van der Waals surface area (Å²) >= 11 is 0. The second kappa shape index (κ2) is 3.08. The molecule has 0 aliphatic carbocycles. The van der Waals surface area contributed by atoms with Gasteiger partial charge in [-0.25, -0.2) is 0 Å². The molecule has 0 amide bonds. The van der Waals surface area contributed by atoms with Crippen LogP contribution >= 0.6 is 0 Å². The summed E-state index contributed by atoms with van der Waals surface area (Å²) in [6.45, 7) is 0. The van der Waals surface area contributed by atoms with Crippen LogP contribution in [0.4, 0.5) is 0 Å². The number of hydrogen-bond donors (Lipinski definition) is 0. The van der Waals surface area contributed by atoms with Gasteiger partial charge in [0.1, 0.15) is 0 Å². The molecule has 0 atom stereocenters. The summed E-state index contributed by atoms with van der Waals surface area (Å²) in [4.78, 5) is 0. The molecule has 0 saturated heterocycles. The largest absolute Gasteiger partial charge is 0.693 e. The van der Waals surface area contributed by atoms with Crippen molar-refractivity contribution < 1.29 is 21.7 Å². The van der Waals surface area contributed by atoms with Gasteiger partial charge in [-0.15, -0.1) is 0 Å². The zero-order valence-electron chi connectivity index (χ0n) is 6.30. The summed E-state index contributed by atoms with van der Waals surface area (Å²) in [6, 6.07) is 2.95. The Balaban J connectivity index is 3.20. The zero-order valence-corrected chi connectivity index (χ0v) is 7.11. The van der Waals surface area contributed by atoms with Gasteiger partial charge >= 0.3 is 10.3 Å². The van der Waals surface area contributed by atoms with Crippen LogP contribution in [-0.4, -0.2) is 20.1 Å². The number of rotatable bonds is 2. The maximum absolute atomic E-state index is 10.5. The summed E-state index contributed by atoms with van der Waals surface area (Å²) in [7, 11) is -3.06. The first-order chi connectivity index (χ1) is 5.54. The lowest BCUT2D eigenvalue weighted by Gasteiger charge is -2.01. The first-order valence-electron chi connectivity index (χ1n) is 3.06. The minimum atomic E-state index is -4.45. The Labute approximate surface area is 70.1 Å². The van der Waals surface area contributed by atoms with Gasteiger partial charge in [0, 0.05) is 6.07 Å². The van der Waals surface area contributed by atoms with Crippen LogP contribution in [0.3, 0.4) is 0 Å². The first kappa shape index (κ1) is 8.95. The van der Waals surface area contributed by atoms with E-state index in [-0.39, 0.29) is 0 Å². The number of aromatic nitrogens is 1. The first-order valence-corrected chi connectivity index (χ1v) is 4.42. The van der Waals surface area contributed by atoms with E-state index in [4.69, 9.17) is 4.74 Å². The standard InChI is InChI=1S/C6H7NO4S/c1-11-6-3-2-4-7(5-6)12(8,9)10/h2-5H,1H3. The molecule has 0 bridgehead atoms. The van der Waals surface area contributed by atoms with Crippen molar-refractivity contribution in [2.24, 2.45) is 0 Å². The molecule has 6 heteroatoms. The molecule has 1 rings (SSSR count). The Morgan fingerprint density at radius 3 is 2.75 bits per heavy atom. The lowest BCUT2D eigenvalue weighted by atomic mass is 10.5. The molecule has 1 aromatic rings. The lowest BCUT2D eigenvalue weighted by molar-refractivity contribution is -0.520. The van der Waals surface area contributed by atoms with E-state index in [0.717, 1.165) is 12.4 Å². The van der Waals surface area contributed by atoms with E-state index in [1.165, 1.54) is 13.2 Å². The molecule has 0 aliphatic heterocycles. The molecule has 5 nitrogen and oxygen atoms in total. The highest BCUT2D eigenvalue weighted by atomic mass is 32.2. The van der Waals surface area contributed by atoms with Gasteiger partial charge in [-0.2, -0.15) is 8.42 Å². The SMILES string of the molecule is COc1ccc[n+](S(=O)(=O)[O-])c1. The van der Waals surface area contributed by atoms with Crippen molar-refractivity contribution in [2.75, 3.05) is 7.11 Å². The summed E-state index contributed by atoms with van der Waals surface area (Å²) < 4.78 is 36.6. The van der Waals surface area contributed by atoms with Crippen molar-refractivity contribution in [1.29, 1.82) is 0 Å². The zero-order chi connectivity index (χ0) is 9.19. The van der Waals surface area contributed by atoms with Gasteiger partial charge in [0.25, 0.3) is 0 Å². The molecular formula is C6H7NO4S. The Kier molecular flexibility index (Phi) is 2.30. The van der Waals surface area contributed by atoms with E-state index in [9.17, 15) is 13.0 Å². The molecule has 0 fully saturated rings. The molecule has 0 aromatic carbocycles. The third-order valence-corrected chi connectivity index (χ3v) is 1.99. The highest BCUT2D eigenvalue weighted by molar-refractivity contribution is 7.78. The Morgan fingerprint density at radius 1 is 1.58 bits per heavy atom. The second-order valence-corrected chi connectivity index (χ2v) is 3.31. The lowest BCUT2D eigenvalue weighted by Crippen LogP contribution is -2.41. The van der Waals surface area contributed by atoms with Gasteiger partial charge in [0.2, 0.25) is 6.20 Å². The third-order valence-electron chi connectivity index (χ3n) is 1.24. The van der Waals surface area contributed by atoms with Gasteiger partial charge in [-0.05, 0) is 6.07 Å². The quantitative estimate of drug-likeness (QED) is 0.455. The van der Waals surface area contributed by atoms with Crippen LogP contribution < -0.4 is 8.71 Å². The molecular weight excluding hydrogens is 182 g/mol. The molecule has 0 unspecified atom stereocenters. The smallest absolute Gasteiger partial charge is 0.330 e. The molecule has 12 heavy (non-hydrogen) atoms. The second-order valence-electron chi connectivity index (χ2n) is 2.03. The fourth-order valence-corrected chi connectivity index (χ4v) is 1.15. The Morgan fingerprint density at radius 2 is 2.25 bits per heavy atom. The van der Waals surface area contributed by atoms with Crippen LogP contribution in [0.25, 0.3) is 0 Å². The Bertz CT molecular complexity index is 373. The summed E-state index contributed by atoms with van der Waals surface area (Å²) in [5.74, 6) is 0.317. The minimum Gasteiger partial charge on any atom is -0.693 e. The van der Waals surface area contributed by atoms with Crippen LogP contribution in [0, 0.1) is 0 Å². The van der Waals surface area contributed by atoms with E-state index in [0.29, 0.717) is 9.72 Å². The molecule has 0 aliphatic rings. The number of pyridine rings is 1. The van der Waals surface area contributed by atoms with Gasteiger partial charge in [-0.1, -0.05) is 3.97 Å². The molecule has 0 saturated carbocycles. The number of hydrogen-bond acceptors (Lipinski definition) is 4. The minimum absolute atomic E-state index is 0.317. The predicted molar refractivity (Wildman–Crippen MR) is 38.3 cm³/mol. The van der Waals surface area contributed by atoms with E-state index in [2.05, 4.69) is 0 Å². The van der Waals surface area contributed by atoms with Crippen LogP contribution in [0.15, 0.2) is 24.5 Å². The molecule has 0 N–H and O–H groups in total. The highest BCUT2D eigenvalue weighted by Crippen LogP contribution is 2.03.